The number of halogens is 1. The van der Waals surface area contributed by atoms with E-state index in [1.165, 1.54) is 12.1 Å². The zero-order valence-corrected chi connectivity index (χ0v) is 18.7. The normalized spacial score (nSPS) is 14.2. The lowest BCUT2D eigenvalue weighted by Gasteiger charge is -2.26. The first-order valence-electron chi connectivity index (χ1n) is 11.4. The number of carbonyl (C=O) groups is 1. The molecule has 2 heterocycles. The van der Waals surface area contributed by atoms with E-state index in [9.17, 15) is 9.18 Å². The van der Waals surface area contributed by atoms with Gasteiger partial charge in [-0.2, -0.15) is 0 Å². The Morgan fingerprint density at radius 3 is 2.55 bits per heavy atom. The van der Waals surface area contributed by atoms with Crippen molar-refractivity contribution >= 4 is 5.78 Å². The van der Waals surface area contributed by atoms with Gasteiger partial charge in [-0.25, -0.2) is 4.39 Å². The quantitative estimate of drug-likeness (QED) is 0.462. The summed E-state index contributed by atoms with van der Waals surface area (Å²) in [5, 5.41) is 0. The van der Waals surface area contributed by atoms with Gasteiger partial charge >= 0.3 is 0 Å². The van der Waals surface area contributed by atoms with Crippen molar-refractivity contribution in [1.82, 2.24) is 9.88 Å². The first-order valence-corrected chi connectivity index (χ1v) is 11.4. The summed E-state index contributed by atoms with van der Waals surface area (Å²) in [5.41, 5.74) is 3.61. The maximum absolute atomic E-state index is 13.3. The number of aromatic nitrogens is 1. The summed E-state index contributed by atoms with van der Waals surface area (Å²) < 4.78 is 24.5. The van der Waals surface area contributed by atoms with Crippen LogP contribution in [0.4, 0.5) is 4.39 Å². The van der Waals surface area contributed by atoms with E-state index in [0.29, 0.717) is 19.4 Å². The number of nitrogens with zero attached hydrogens (tertiary/aromatic N) is 2. The number of pyridine rings is 1. The van der Waals surface area contributed by atoms with E-state index in [1.54, 1.807) is 12.3 Å². The fourth-order valence-corrected chi connectivity index (χ4v) is 3.83. The van der Waals surface area contributed by atoms with Gasteiger partial charge in [-0.1, -0.05) is 30.3 Å². The van der Waals surface area contributed by atoms with Gasteiger partial charge in [0.2, 0.25) is 0 Å². The van der Waals surface area contributed by atoms with E-state index in [2.05, 4.69) is 9.88 Å². The monoisotopic (exact) mass is 448 g/mol. The molecular weight excluding hydrogens is 419 g/mol. The van der Waals surface area contributed by atoms with Crippen LogP contribution < -0.4 is 4.74 Å². The van der Waals surface area contributed by atoms with Crippen LogP contribution in [0.3, 0.4) is 0 Å². The fourth-order valence-electron chi connectivity index (χ4n) is 3.83. The largest absolute Gasteiger partial charge is 0.492 e. The van der Waals surface area contributed by atoms with Crippen molar-refractivity contribution in [3.63, 3.8) is 0 Å². The van der Waals surface area contributed by atoms with Gasteiger partial charge in [0.25, 0.3) is 0 Å². The molecule has 0 N–H and O–H groups in total. The zero-order chi connectivity index (χ0) is 22.9. The highest BCUT2D eigenvalue weighted by molar-refractivity contribution is 5.80. The number of benzene rings is 2. The van der Waals surface area contributed by atoms with Crippen LogP contribution in [0.15, 0.2) is 66.9 Å². The molecule has 0 radical (unpaired) electrons. The molecule has 1 fully saturated rings. The van der Waals surface area contributed by atoms with Crippen LogP contribution in [0.25, 0.3) is 11.1 Å². The minimum Gasteiger partial charge on any atom is -0.492 e. The summed E-state index contributed by atoms with van der Waals surface area (Å²) in [6.07, 6.45) is 2.99. The highest BCUT2D eigenvalue weighted by atomic mass is 19.1. The maximum atomic E-state index is 13.3. The molecule has 172 valence electrons. The average Bonchev–Trinajstić information content (AvgIpc) is 2.85. The molecule has 0 spiro atoms. The first kappa shape index (κ1) is 23.1. The second-order valence-electron chi connectivity index (χ2n) is 8.21. The van der Waals surface area contributed by atoms with Crippen molar-refractivity contribution in [2.45, 2.75) is 19.3 Å². The van der Waals surface area contributed by atoms with Crippen LogP contribution in [0, 0.1) is 5.82 Å². The van der Waals surface area contributed by atoms with Gasteiger partial charge in [-0.3, -0.25) is 14.7 Å². The third-order valence-electron chi connectivity index (χ3n) is 5.75. The van der Waals surface area contributed by atoms with E-state index in [1.807, 2.05) is 42.5 Å². The van der Waals surface area contributed by atoms with Gasteiger partial charge in [-0.15, -0.1) is 0 Å². The van der Waals surface area contributed by atoms with E-state index in [-0.39, 0.29) is 18.0 Å². The van der Waals surface area contributed by atoms with Crippen molar-refractivity contribution < 1.29 is 18.7 Å². The van der Waals surface area contributed by atoms with Crippen LogP contribution in [0.5, 0.6) is 5.75 Å². The molecule has 5 nitrogen and oxygen atoms in total. The topological polar surface area (TPSA) is 51.7 Å². The van der Waals surface area contributed by atoms with Crippen LogP contribution in [-0.4, -0.2) is 55.1 Å². The number of Topliss-reactive ketones (excluding diaryl/α,β-unsaturated/α-hetero) is 1. The molecule has 33 heavy (non-hydrogen) atoms. The predicted octanol–water partition coefficient (Wildman–Crippen LogP) is 4.34. The summed E-state index contributed by atoms with van der Waals surface area (Å²) in [4.78, 5) is 19.1. The van der Waals surface area contributed by atoms with Crippen molar-refractivity contribution in [2.75, 3.05) is 39.5 Å². The van der Waals surface area contributed by atoms with E-state index < -0.39 is 0 Å². The van der Waals surface area contributed by atoms with Crippen molar-refractivity contribution in [2.24, 2.45) is 0 Å². The molecular formula is C27H29FN2O3. The molecule has 0 saturated carbocycles. The standard InChI is InChI=1S/C27H29FN2O3/c28-24-3-1-2-21(18-24)4-9-26(31)19-25-8-5-23(20-29-25)22-6-10-27(11-7-22)33-17-14-30-12-15-32-16-13-30/h1-3,5-8,10-11,18,20H,4,9,12-17,19H2. The molecule has 2 aromatic carbocycles. The third-order valence-corrected chi connectivity index (χ3v) is 5.75. The molecule has 0 atom stereocenters. The summed E-state index contributed by atoms with van der Waals surface area (Å²) in [6.45, 7) is 5.07. The summed E-state index contributed by atoms with van der Waals surface area (Å²) in [7, 11) is 0. The van der Waals surface area contributed by atoms with Gasteiger partial charge in [0.05, 0.1) is 13.2 Å². The average molecular weight is 449 g/mol. The highest BCUT2D eigenvalue weighted by Crippen LogP contribution is 2.22. The van der Waals surface area contributed by atoms with E-state index >= 15 is 0 Å². The lowest BCUT2D eigenvalue weighted by Crippen LogP contribution is -2.38. The van der Waals surface area contributed by atoms with E-state index in [0.717, 1.165) is 61.0 Å². The Balaban J connectivity index is 1.23. The number of ketones is 1. The minimum absolute atomic E-state index is 0.0955. The molecule has 1 aromatic heterocycles. The number of carbonyl (C=O) groups excluding carboxylic acids is 1. The second-order valence-corrected chi connectivity index (χ2v) is 8.21. The van der Waals surface area contributed by atoms with Gasteiger partial charge < -0.3 is 9.47 Å². The molecule has 4 rings (SSSR count). The summed E-state index contributed by atoms with van der Waals surface area (Å²) in [5.74, 6) is 0.670. The Hall–Kier alpha value is -3.09. The van der Waals surface area contributed by atoms with Gasteiger partial charge in [0, 0.05) is 49.9 Å². The molecule has 3 aromatic rings. The van der Waals surface area contributed by atoms with Crippen molar-refractivity contribution in [1.29, 1.82) is 0 Å². The minimum atomic E-state index is -0.273. The molecule has 6 heteroatoms. The second kappa shape index (κ2) is 11.7. The van der Waals surface area contributed by atoms with Crippen LogP contribution in [0.1, 0.15) is 17.7 Å². The number of hydrogen-bond acceptors (Lipinski definition) is 5. The summed E-state index contributed by atoms with van der Waals surface area (Å²) >= 11 is 0. The number of hydrogen-bond donors (Lipinski definition) is 0. The lowest BCUT2D eigenvalue weighted by atomic mass is 10.0. The molecule has 1 aliphatic rings. The highest BCUT2D eigenvalue weighted by Gasteiger charge is 2.10. The van der Waals surface area contributed by atoms with Crippen LogP contribution in [-0.2, 0) is 22.4 Å². The Morgan fingerprint density at radius 2 is 1.82 bits per heavy atom. The third kappa shape index (κ3) is 7.20. The van der Waals surface area contributed by atoms with Gasteiger partial charge in [-0.05, 0) is 47.9 Å². The Kier molecular flexibility index (Phi) is 8.17. The smallest absolute Gasteiger partial charge is 0.139 e. The van der Waals surface area contributed by atoms with Crippen molar-refractivity contribution in [3.8, 4) is 16.9 Å². The number of ether oxygens (including phenoxy) is 2. The van der Waals surface area contributed by atoms with E-state index in [4.69, 9.17) is 9.47 Å². The molecule has 0 aliphatic carbocycles. The van der Waals surface area contributed by atoms with Crippen LogP contribution in [0.2, 0.25) is 0 Å². The van der Waals surface area contributed by atoms with Gasteiger partial charge in [0.15, 0.2) is 0 Å². The Morgan fingerprint density at radius 1 is 1.03 bits per heavy atom. The molecule has 0 amide bonds. The molecule has 0 bridgehead atoms. The maximum Gasteiger partial charge on any atom is 0.139 e. The zero-order valence-electron chi connectivity index (χ0n) is 18.7. The molecule has 1 aliphatic heterocycles. The molecule has 1 saturated heterocycles. The Bertz CT molecular complexity index is 1030. The number of morpholine rings is 1. The SMILES string of the molecule is O=C(CCc1cccc(F)c1)Cc1ccc(-c2ccc(OCCN3CCOCC3)cc2)cn1. The fraction of sp³-hybridized carbons (Fsp3) is 0.333. The van der Waals surface area contributed by atoms with Crippen molar-refractivity contribution in [3.05, 3.63) is 83.9 Å². The lowest BCUT2D eigenvalue weighted by molar-refractivity contribution is -0.118. The Labute approximate surface area is 194 Å². The predicted molar refractivity (Wildman–Crippen MR) is 126 cm³/mol. The number of rotatable bonds is 10. The molecule has 0 unspecified atom stereocenters. The van der Waals surface area contributed by atoms with Gasteiger partial charge in [0.1, 0.15) is 24.0 Å². The number of aryl methyl sites for hydroxylation is 1. The summed E-state index contributed by atoms with van der Waals surface area (Å²) in [6, 6.07) is 18.2. The first-order chi connectivity index (χ1) is 16.2. The van der Waals surface area contributed by atoms with Crippen LogP contribution >= 0.6 is 0 Å².